The van der Waals surface area contributed by atoms with Crippen LogP contribution in [-0.2, 0) is 22.8 Å². The van der Waals surface area contributed by atoms with Crippen molar-refractivity contribution in [3.63, 3.8) is 0 Å². The maximum Gasteiger partial charge on any atom is 0.0992 e. The lowest BCUT2D eigenvalue weighted by Gasteiger charge is -2.27. The second kappa shape index (κ2) is 11.0. The van der Waals surface area contributed by atoms with E-state index >= 15 is 0 Å². The summed E-state index contributed by atoms with van der Waals surface area (Å²) in [7, 11) is -2.79. The van der Waals surface area contributed by atoms with Gasteiger partial charge in [0, 0.05) is 50.2 Å². The zero-order valence-electron chi connectivity index (χ0n) is 19.7. The van der Waals surface area contributed by atoms with Gasteiger partial charge >= 0.3 is 0 Å². The lowest BCUT2D eigenvalue weighted by atomic mass is 10.2. The van der Waals surface area contributed by atoms with Crippen LogP contribution in [0.5, 0.6) is 0 Å². The van der Waals surface area contributed by atoms with Crippen molar-refractivity contribution < 1.29 is 4.21 Å². The van der Waals surface area contributed by atoms with Gasteiger partial charge in [-0.05, 0) is 41.6 Å². The first-order valence-corrected chi connectivity index (χ1v) is 13.3. The number of rotatable bonds is 7. The fraction of sp³-hybridized carbons (Fsp3) is 0.286. The average Bonchev–Trinajstić information content (AvgIpc) is 3.01. The first kappa shape index (κ1) is 24.2. The molecule has 5 nitrogen and oxygen atoms in total. The predicted octanol–water partition coefficient (Wildman–Crippen LogP) is 3.83. The Hall–Kier alpha value is -2.95. The number of nitrogens with one attached hydrogen (secondary N) is 1. The molecule has 1 atom stereocenters. The van der Waals surface area contributed by atoms with Gasteiger partial charge in [0.15, 0.2) is 0 Å². The highest BCUT2D eigenvalue weighted by Gasteiger charge is 2.26. The van der Waals surface area contributed by atoms with Crippen molar-refractivity contribution in [1.82, 2.24) is 14.5 Å². The maximum absolute atomic E-state index is 13.8. The minimum Gasteiger partial charge on any atom is -0.296 e. The van der Waals surface area contributed by atoms with Gasteiger partial charge in [-0.1, -0.05) is 66.7 Å². The molecule has 3 aromatic rings. The van der Waals surface area contributed by atoms with Crippen molar-refractivity contribution >= 4 is 15.6 Å². The number of hydrogen-bond acceptors (Lipinski definition) is 4. The SMILES string of the molecule is C=S(=O)(NC1CN(Cc2ccccc2)CCN(Cc2ccccc2)C1)c1cc(C#N)ccc1C. The standard InChI is InChI=1S/C28H32N4OS/c1-23-13-14-26(18-29)17-28(23)34(2,33)30-27-21-31(19-24-9-5-3-6-10-24)15-16-32(22-27)20-25-11-7-4-8-12-25/h3-14,17,27H,2,15-16,19-22H2,1H3,(H,30,33). The van der Waals surface area contributed by atoms with Crippen LogP contribution < -0.4 is 4.72 Å². The summed E-state index contributed by atoms with van der Waals surface area (Å²) in [6, 6.07) is 28.4. The van der Waals surface area contributed by atoms with Crippen molar-refractivity contribution in [3.05, 3.63) is 101 Å². The van der Waals surface area contributed by atoms with Crippen molar-refractivity contribution in [2.45, 2.75) is 31.0 Å². The zero-order valence-corrected chi connectivity index (χ0v) is 20.5. The van der Waals surface area contributed by atoms with Gasteiger partial charge in [0.2, 0.25) is 0 Å². The van der Waals surface area contributed by atoms with Crippen molar-refractivity contribution in [2.75, 3.05) is 26.2 Å². The fourth-order valence-electron chi connectivity index (χ4n) is 4.55. The quantitative estimate of drug-likeness (QED) is 0.531. The van der Waals surface area contributed by atoms with E-state index < -0.39 is 9.71 Å². The third-order valence-corrected chi connectivity index (χ3v) is 8.08. The minimum absolute atomic E-state index is 0.0370. The molecule has 0 bridgehead atoms. The van der Waals surface area contributed by atoms with Gasteiger partial charge in [0.1, 0.15) is 0 Å². The van der Waals surface area contributed by atoms with E-state index in [9.17, 15) is 9.47 Å². The molecule has 0 aliphatic carbocycles. The fourth-order valence-corrected chi connectivity index (χ4v) is 6.27. The summed E-state index contributed by atoms with van der Waals surface area (Å²) in [5.41, 5.74) is 3.91. The smallest absolute Gasteiger partial charge is 0.0992 e. The van der Waals surface area contributed by atoms with Crippen molar-refractivity contribution in [2.24, 2.45) is 0 Å². The lowest BCUT2D eigenvalue weighted by molar-refractivity contribution is 0.247. The molecular formula is C28H32N4OS. The molecule has 0 radical (unpaired) electrons. The molecule has 3 aromatic carbocycles. The maximum atomic E-state index is 13.8. The molecule has 0 saturated carbocycles. The van der Waals surface area contributed by atoms with Crippen LogP contribution in [0.15, 0.2) is 83.8 Å². The van der Waals surface area contributed by atoms with Crippen LogP contribution in [0.4, 0.5) is 0 Å². The topological polar surface area (TPSA) is 59.4 Å². The van der Waals surface area contributed by atoms with E-state index in [2.05, 4.69) is 75.0 Å². The Morgan fingerprint density at radius 3 is 1.97 bits per heavy atom. The van der Waals surface area contributed by atoms with E-state index in [1.165, 1.54) is 11.1 Å². The molecular weight excluding hydrogens is 440 g/mol. The van der Waals surface area contributed by atoms with Gasteiger partial charge in [-0.2, -0.15) is 5.26 Å². The second-order valence-electron chi connectivity index (χ2n) is 9.02. The van der Waals surface area contributed by atoms with Gasteiger partial charge in [-0.25, -0.2) is 8.93 Å². The van der Waals surface area contributed by atoms with E-state index in [1.54, 1.807) is 12.1 Å². The minimum atomic E-state index is -2.79. The average molecular weight is 473 g/mol. The van der Waals surface area contributed by atoms with Crippen molar-refractivity contribution in [1.29, 1.82) is 5.26 Å². The molecule has 6 heteroatoms. The Kier molecular flexibility index (Phi) is 7.81. The highest BCUT2D eigenvalue weighted by atomic mass is 32.2. The van der Waals surface area contributed by atoms with Gasteiger partial charge in [-0.3, -0.25) is 9.80 Å². The Morgan fingerprint density at radius 1 is 0.941 bits per heavy atom. The number of aryl methyl sites for hydroxylation is 1. The monoisotopic (exact) mass is 472 g/mol. The molecule has 1 unspecified atom stereocenters. The highest BCUT2D eigenvalue weighted by Crippen LogP contribution is 2.19. The Labute approximate surface area is 203 Å². The van der Waals surface area contributed by atoms with Gasteiger partial charge < -0.3 is 0 Å². The molecule has 1 fully saturated rings. The van der Waals surface area contributed by atoms with Crippen LogP contribution in [0.2, 0.25) is 0 Å². The summed E-state index contributed by atoms with van der Waals surface area (Å²) in [4.78, 5) is 5.46. The molecule has 0 spiro atoms. The number of hydrogen-bond donors (Lipinski definition) is 1. The third kappa shape index (κ3) is 6.34. The van der Waals surface area contributed by atoms with E-state index in [-0.39, 0.29) is 6.04 Å². The van der Waals surface area contributed by atoms with Crippen molar-refractivity contribution in [3.8, 4) is 6.07 Å². The largest absolute Gasteiger partial charge is 0.296 e. The second-order valence-corrected chi connectivity index (χ2v) is 11.0. The molecule has 0 aromatic heterocycles. The number of benzene rings is 3. The molecule has 1 aliphatic heterocycles. The van der Waals surface area contributed by atoms with Gasteiger partial charge in [-0.15, -0.1) is 0 Å². The zero-order chi connectivity index (χ0) is 24.0. The first-order chi connectivity index (χ1) is 16.4. The van der Waals surface area contributed by atoms with Crippen LogP contribution in [0.3, 0.4) is 0 Å². The Morgan fingerprint density at radius 2 is 1.47 bits per heavy atom. The molecule has 176 valence electrons. The summed E-state index contributed by atoms with van der Waals surface area (Å²) in [6.45, 7) is 7.01. The van der Waals surface area contributed by atoms with Crippen LogP contribution in [0.25, 0.3) is 0 Å². The van der Waals surface area contributed by atoms with Crippen LogP contribution in [0.1, 0.15) is 22.3 Å². The Bertz CT molecular complexity index is 1180. The van der Waals surface area contributed by atoms with Gasteiger partial charge in [0.05, 0.1) is 21.3 Å². The molecule has 0 amide bonds. The summed E-state index contributed by atoms with van der Waals surface area (Å²) in [6.07, 6.45) is 0. The van der Waals surface area contributed by atoms with Crippen LogP contribution in [-0.4, -0.2) is 52.1 Å². The summed E-state index contributed by atoms with van der Waals surface area (Å²) < 4.78 is 17.2. The molecule has 4 rings (SSSR count). The Balaban J connectivity index is 1.56. The van der Waals surface area contributed by atoms with Crippen LogP contribution in [0, 0.1) is 18.3 Å². The van der Waals surface area contributed by atoms with E-state index in [4.69, 9.17) is 0 Å². The molecule has 34 heavy (non-hydrogen) atoms. The summed E-state index contributed by atoms with van der Waals surface area (Å²) in [5.74, 6) is 4.09. The van der Waals surface area contributed by atoms with E-state index in [0.29, 0.717) is 10.5 Å². The normalized spacial score (nSPS) is 17.5. The molecule has 1 aliphatic rings. The summed E-state index contributed by atoms with van der Waals surface area (Å²) >= 11 is 0. The van der Waals surface area contributed by atoms with E-state index in [1.807, 2.05) is 25.1 Å². The number of nitrogens with zero attached hydrogens (tertiary/aromatic N) is 3. The van der Waals surface area contributed by atoms with Gasteiger partial charge in [0.25, 0.3) is 0 Å². The predicted molar refractivity (Wildman–Crippen MR) is 140 cm³/mol. The number of nitriles is 1. The van der Waals surface area contributed by atoms with Crippen LogP contribution >= 0.6 is 0 Å². The lowest BCUT2D eigenvalue weighted by Crippen LogP contribution is -2.46. The summed E-state index contributed by atoms with van der Waals surface area (Å²) in [5, 5.41) is 9.33. The van der Waals surface area contributed by atoms with E-state index in [0.717, 1.165) is 44.8 Å². The highest BCUT2D eigenvalue weighted by molar-refractivity contribution is 7.98. The molecule has 1 N–H and O–H groups in total. The third-order valence-electron chi connectivity index (χ3n) is 6.22. The molecule has 1 heterocycles. The molecule has 1 saturated heterocycles. The first-order valence-electron chi connectivity index (χ1n) is 11.6.